The van der Waals surface area contributed by atoms with Crippen molar-refractivity contribution in [2.75, 3.05) is 6.61 Å². The van der Waals surface area contributed by atoms with Gasteiger partial charge in [-0.05, 0) is 65.3 Å². The van der Waals surface area contributed by atoms with Crippen molar-refractivity contribution in [3.8, 4) is 0 Å². The second kappa shape index (κ2) is 8.69. The van der Waals surface area contributed by atoms with Crippen molar-refractivity contribution >= 4 is 33.9 Å². The third-order valence-corrected chi connectivity index (χ3v) is 6.03. The molecule has 2 aromatic heterocycles. The zero-order valence-corrected chi connectivity index (χ0v) is 17.7. The van der Waals surface area contributed by atoms with Crippen molar-refractivity contribution in [1.82, 2.24) is 9.38 Å². The third-order valence-electron chi connectivity index (χ3n) is 5.36. The Morgan fingerprint density at radius 1 is 1.21 bits per heavy atom. The minimum atomic E-state index is -0.261. The first-order chi connectivity index (χ1) is 13.6. The van der Waals surface area contributed by atoms with Crippen molar-refractivity contribution in [1.29, 1.82) is 0 Å². The van der Waals surface area contributed by atoms with Crippen LogP contribution in [0.2, 0.25) is 0 Å². The molecule has 1 fully saturated rings. The lowest BCUT2D eigenvalue weighted by atomic mass is 9.98. The Hall–Kier alpha value is -1.80. The van der Waals surface area contributed by atoms with E-state index < -0.39 is 0 Å². The van der Waals surface area contributed by atoms with E-state index in [1.807, 2.05) is 22.6 Å². The van der Waals surface area contributed by atoms with Gasteiger partial charge in [-0.25, -0.2) is 9.37 Å². The largest absolute Gasteiger partial charge is 0.370 e. The second-order valence-corrected chi connectivity index (χ2v) is 8.53. The average molecular weight is 492 g/mol. The quantitative estimate of drug-likeness (QED) is 0.351. The molecular weight excluding hydrogens is 470 g/mol. The van der Waals surface area contributed by atoms with Crippen LogP contribution in [-0.2, 0) is 11.2 Å². The number of ether oxygens (including phenoxy) is 1. The zero-order valence-electron chi connectivity index (χ0n) is 15.5. The van der Waals surface area contributed by atoms with Crippen LogP contribution >= 0.6 is 22.6 Å². The summed E-state index contributed by atoms with van der Waals surface area (Å²) >= 11 is 2.09. The van der Waals surface area contributed by atoms with Crippen LogP contribution in [0.1, 0.15) is 53.7 Å². The number of benzene rings is 1. The Labute approximate surface area is 177 Å². The van der Waals surface area contributed by atoms with Crippen molar-refractivity contribution in [3.05, 3.63) is 69.1 Å². The van der Waals surface area contributed by atoms with Gasteiger partial charge in [0.05, 0.1) is 12.4 Å². The first kappa shape index (κ1) is 19.5. The fraction of sp³-hybridized carbons (Fsp3) is 0.364. The predicted molar refractivity (Wildman–Crippen MR) is 114 cm³/mol. The lowest BCUT2D eigenvalue weighted by Gasteiger charge is -2.21. The molecule has 0 saturated heterocycles. The molecule has 4 nitrogen and oxygen atoms in total. The third kappa shape index (κ3) is 4.27. The molecule has 1 saturated carbocycles. The molecule has 0 radical (unpaired) electrons. The first-order valence-corrected chi connectivity index (χ1v) is 10.7. The van der Waals surface area contributed by atoms with Crippen molar-refractivity contribution in [2.24, 2.45) is 0 Å². The summed E-state index contributed by atoms with van der Waals surface area (Å²) < 4.78 is 23.0. The molecule has 0 amide bonds. The van der Waals surface area contributed by atoms with E-state index in [2.05, 4.69) is 27.6 Å². The Morgan fingerprint density at radius 3 is 2.82 bits per heavy atom. The van der Waals surface area contributed by atoms with Crippen LogP contribution in [0.4, 0.5) is 4.39 Å². The highest BCUT2D eigenvalue weighted by atomic mass is 127. The van der Waals surface area contributed by atoms with Gasteiger partial charge >= 0.3 is 0 Å². The number of carbonyl (C=O) groups is 1. The number of hydrogen-bond donors (Lipinski definition) is 0. The molecule has 146 valence electrons. The standard InChI is InChI=1S/C22H22FIN2O2/c23-20-11-16(24)7-6-15(20)10-21-19(12-17-8-9-25-14-26(17)21)22(27)13-28-18-4-2-1-3-5-18/h6-9,11-12,14,18H,1-5,10,13H2. The van der Waals surface area contributed by atoms with Gasteiger partial charge < -0.3 is 9.14 Å². The molecule has 0 N–H and O–H groups in total. The van der Waals surface area contributed by atoms with Crippen LogP contribution in [-0.4, -0.2) is 27.9 Å². The van der Waals surface area contributed by atoms with Gasteiger partial charge in [-0.1, -0.05) is 25.3 Å². The van der Waals surface area contributed by atoms with Gasteiger partial charge in [0.1, 0.15) is 12.4 Å². The van der Waals surface area contributed by atoms with Crippen molar-refractivity contribution in [2.45, 2.75) is 44.6 Å². The zero-order chi connectivity index (χ0) is 19.5. The number of rotatable bonds is 6. The van der Waals surface area contributed by atoms with Crippen LogP contribution in [0, 0.1) is 9.39 Å². The predicted octanol–water partition coefficient (Wildman–Crippen LogP) is 5.20. The Kier molecular flexibility index (Phi) is 6.06. The maximum Gasteiger partial charge on any atom is 0.190 e. The summed E-state index contributed by atoms with van der Waals surface area (Å²) in [5.41, 5.74) is 2.77. The molecule has 0 spiro atoms. The minimum absolute atomic E-state index is 0.0600. The van der Waals surface area contributed by atoms with E-state index in [4.69, 9.17) is 4.74 Å². The molecule has 1 aromatic carbocycles. The molecule has 0 aliphatic heterocycles. The maximum atomic E-state index is 14.4. The van der Waals surface area contributed by atoms with E-state index >= 15 is 0 Å². The molecule has 0 unspecified atom stereocenters. The van der Waals surface area contributed by atoms with Gasteiger partial charge in [0.2, 0.25) is 0 Å². The van der Waals surface area contributed by atoms with Gasteiger partial charge in [0.15, 0.2) is 5.78 Å². The van der Waals surface area contributed by atoms with Crippen LogP contribution in [0.3, 0.4) is 0 Å². The fourth-order valence-electron chi connectivity index (χ4n) is 3.85. The van der Waals surface area contributed by atoms with Gasteiger partial charge in [-0.15, -0.1) is 0 Å². The molecule has 4 rings (SSSR count). The van der Waals surface area contributed by atoms with Gasteiger partial charge in [0, 0.05) is 33.0 Å². The van der Waals surface area contributed by atoms with E-state index in [1.54, 1.807) is 18.6 Å². The van der Waals surface area contributed by atoms with Crippen LogP contribution in [0.5, 0.6) is 0 Å². The number of hydrogen-bond acceptors (Lipinski definition) is 3. The number of carbonyl (C=O) groups excluding carboxylic acids is 1. The molecular formula is C22H22FIN2O2. The van der Waals surface area contributed by atoms with Gasteiger partial charge in [-0.3, -0.25) is 4.79 Å². The monoisotopic (exact) mass is 492 g/mol. The molecule has 28 heavy (non-hydrogen) atoms. The average Bonchev–Trinajstić information content (AvgIpc) is 3.08. The van der Waals surface area contributed by atoms with Crippen LogP contribution in [0.25, 0.3) is 5.52 Å². The molecule has 6 heteroatoms. The summed E-state index contributed by atoms with van der Waals surface area (Å²) in [6.07, 6.45) is 9.49. The summed E-state index contributed by atoms with van der Waals surface area (Å²) in [6, 6.07) is 8.87. The summed E-state index contributed by atoms with van der Waals surface area (Å²) in [5.74, 6) is -0.321. The summed E-state index contributed by atoms with van der Waals surface area (Å²) in [6.45, 7) is 0.0666. The first-order valence-electron chi connectivity index (χ1n) is 9.64. The summed E-state index contributed by atoms with van der Waals surface area (Å²) in [7, 11) is 0. The Balaban J connectivity index is 1.61. The smallest absolute Gasteiger partial charge is 0.190 e. The normalized spacial score (nSPS) is 15.2. The molecule has 1 aliphatic rings. The lowest BCUT2D eigenvalue weighted by molar-refractivity contribution is 0.0284. The number of nitrogens with zero attached hydrogens (tertiary/aromatic N) is 2. The van der Waals surface area contributed by atoms with E-state index in [-0.39, 0.29) is 24.3 Å². The highest BCUT2D eigenvalue weighted by molar-refractivity contribution is 14.1. The van der Waals surface area contributed by atoms with E-state index in [9.17, 15) is 9.18 Å². The van der Waals surface area contributed by atoms with Crippen molar-refractivity contribution < 1.29 is 13.9 Å². The minimum Gasteiger partial charge on any atom is -0.370 e. The lowest BCUT2D eigenvalue weighted by Crippen LogP contribution is -2.21. The van der Waals surface area contributed by atoms with Gasteiger partial charge in [0.25, 0.3) is 0 Å². The van der Waals surface area contributed by atoms with Gasteiger partial charge in [-0.2, -0.15) is 0 Å². The van der Waals surface area contributed by atoms with Crippen LogP contribution < -0.4 is 0 Å². The number of fused-ring (bicyclic) bond motifs is 1. The van der Waals surface area contributed by atoms with E-state index in [0.29, 0.717) is 17.5 Å². The number of ketones is 1. The summed E-state index contributed by atoms with van der Waals surface area (Å²) in [4.78, 5) is 17.1. The molecule has 0 atom stereocenters. The topological polar surface area (TPSA) is 43.6 Å². The van der Waals surface area contributed by atoms with E-state index in [1.165, 1.54) is 12.5 Å². The number of Topliss-reactive ketones (excluding diaryl/α,β-unsaturated/α-hetero) is 1. The van der Waals surface area contributed by atoms with E-state index in [0.717, 1.165) is 40.5 Å². The number of halogens is 2. The molecule has 0 bridgehead atoms. The van der Waals surface area contributed by atoms with Crippen LogP contribution in [0.15, 0.2) is 42.9 Å². The summed E-state index contributed by atoms with van der Waals surface area (Å²) in [5, 5.41) is 0. The highest BCUT2D eigenvalue weighted by Crippen LogP contribution is 2.24. The molecule has 2 heterocycles. The Bertz CT molecular complexity index is 995. The fourth-order valence-corrected chi connectivity index (χ4v) is 4.30. The molecule has 1 aliphatic carbocycles. The number of aromatic nitrogens is 2. The Morgan fingerprint density at radius 2 is 2.04 bits per heavy atom. The maximum absolute atomic E-state index is 14.4. The van der Waals surface area contributed by atoms with Crippen molar-refractivity contribution in [3.63, 3.8) is 0 Å². The molecule has 3 aromatic rings. The highest BCUT2D eigenvalue weighted by Gasteiger charge is 2.21. The second-order valence-electron chi connectivity index (χ2n) is 7.29. The SMILES string of the molecule is O=C(COC1CCCCC1)c1cc2ccncn2c1Cc1ccc(I)cc1F.